The molecule has 0 radical (unpaired) electrons. The van der Waals surface area contributed by atoms with Gasteiger partial charge in [0.1, 0.15) is 0 Å². The van der Waals surface area contributed by atoms with Gasteiger partial charge >= 0.3 is 0 Å². The Hall–Kier alpha value is -2.27. The van der Waals surface area contributed by atoms with E-state index >= 15 is 0 Å². The molecule has 1 fully saturated rings. The highest BCUT2D eigenvalue weighted by molar-refractivity contribution is 5.81. The fraction of sp³-hybridized carbons (Fsp3) is 0.348. The second kappa shape index (κ2) is 8.61. The van der Waals surface area contributed by atoms with Gasteiger partial charge in [-0.15, -0.1) is 0 Å². The van der Waals surface area contributed by atoms with Crippen LogP contribution in [0.4, 0.5) is 0 Å². The minimum atomic E-state index is 0.238. The molecule has 0 amide bonds. The van der Waals surface area contributed by atoms with Gasteiger partial charge in [0.25, 0.3) is 0 Å². The van der Waals surface area contributed by atoms with Gasteiger partial charge in [-0.1, -0.05) is 48.5 Å². The summed E-state index contributed by atoms with van der Waals surface area (Å²) in [6.07, 6.45) is 2.67. The molecule has 1 N–H and O–H groups in total. The number of aromatic nitrogens is 1. The van der Waals surface area contributed by atoms with E-state index in [0.29, 0.717) is 6.04 Å². The lowest BCUT2D eigenvalue weighted by Crippen LogP contribution is -2.52. The number of pyridine rings is 1. The lowest BCUT2D eigenvalue weighted by Gasteiger charge is -2.41. The number of benzene rings is 2. The molecule has 1 aliphatic heterocycles. The Morgan fingerprint density at radius 3 is 2.67 bits per heavy atom. The van der Waals surface area contributed by atoms with Crippen molar-refractivity contribution in [3.63, 3.8) is 0 Å². The maximum atomic E-state index is 9.57. The lowest BCUT2D eigenvalue weighted by molar-refractivity contribution is 0.0502. The maximum absolute atomic E-state index is 9.57. The van der Waals surface area contributed by atoms with Gasteiger partial charge in [0.2, 0.25) is 0 Å². The summed E-state index contributed by atoms with van der Waals surface area (Å²) >= 11 is 0. The zero-order valence-electron chi connectivity index (χ0n) is 15.7. The first kappa shape index (κ1) is 18.1. The molecule has 0 aliphatic carbocycles. The van der Waals surface area contributed by atoms with E-state index in [1.54, 1.807) is 0 Å². The first-order valence-electron chi connectivity index (χ1n) is 9.77. The Bertz CT molecular complexity index is 862. The van der Waals surface area contributed by atoms with Crippen molar-refractivity contribution in [2.75, 3.05) is 26.2 Å². The topological polar surface area (TPSA) is 39.6 Å². The van der Waals surface area contributed by atoms with Crippen molar-refractivity contribution in [2.45, 2.75) is 25.6 Å². The molecule has 4 nitrogen and oxygen atoms in total. The molecule has 4 heteroatoms. The van der Waals surface area contributed by atoms with Gasteiger partial charge in [0.05, 0.1) is 5.52 Å². The van der Waals surface area contributed by atoms with E-state index in [2.05, 4.69) is 69.4 Å². The molecule has 1 saturated heterocycles. The number of aliphatic hydroxyl groups excluding tert-OH is 1. The van der Waals surface area contributed by atoms with E-state index in [0.717, 1.165) is 44.7 Å². The minimum absolute atomic E-state index is 0.238. The monoisotopic (exact) mass is 361 g/mol. The SMILES string of the molecule is OCC[C@H]1CN(Cc2cccc3ncccc23)CCN1Cc1ccccc1. The average Bonchev–Trinajstić information content (AvgIpc) is 2.71. The molecule has 3 aromatic rings. The van der Waals surface area contributed by atoms with Crippen molar-refractivity contribution in [2.24, 2.45) is 0 Å². The Balaban J connectivity index is 1.46. The maximum Gasteiger partial charge on any atom is 0.0705 e. The molecule has 0 unspecified atom stereocenters. The fourth-order valence-corrected chi connectivity index (χ4v) is 4.10. The summed E-state index contributed by atoms with van der Waals surface area (Å²) in [6.45, 7) is 5.20. The number of fused-ring (bicyclic) bond motifs is 1. The highest BCUT2D eigenvalue weighted by atomic mass is 16.3. The minimum Gasteiger partial charge on any atom is -0.396 e. The molecular formula is C23H27N3O. The molecule has 27 heavy (non-hydrogen) atoms. The molecule has 140 valence electrons. The Labute approximate surface area is 161 Å². The second-order valence-corrected chi connectivity index (χ2v) is 7.34. The Kier molecular flexibility index (Phi) is 5.78. The molecule has 2 heterocycles. The predicted octanol–water partition coefficient (Wildman–Crippen LogP) is 3.30. The van der Waals surface area contributed by atoms with Crippen LogP contribution in [0, 0.1) is 0 Å². The largest absolute Gasteiger partial charge is 0.396 e. The summed E-state index contributed by atoms with van der Waals surface area (Å²) in [5.74, 6) is 0. The van der Waals surface area contributed by atoms with Gasteiger partial charge in [0.15, 0.2) is 0 Å². The normalized spacial score (nSPS) is 18.8. The molecule has 2 aromatic carbocycles. The number of rotatable bonds is 6. The van der Waals surface area contributed by atoms with Crippen molar-refractivity contribution in [1.29, 1.82) is 0 Å². The van der Waals surface area contributed by atoms with Crippen molar-refractivity contribution < 1.29 is 5.11 Å². The van der Waals surface area contributed by atoms with Gasteiger partial charge in [-0.2, -0.15) is 0 Å². The van der Waals surface area contributed by atoms with Crippen LogP contribution in [0.3, 0.4) is 0 Å². The van der Waals surface area contributed by atoms with E-state index in [-0.39, 0.29) is 6.61 Å². The number of hydrogen-bond acceptors (Lipinski definition) is 4. The van der Waals surface area contributed by atoms with E-state index in [1.165, 1.54) is 16.5 Å². The smallest absolute Gasteiger partial charge is 0.0705 e. The van der Waals surface area contributed by atoms with E-state index in [4.69, 9.17) is 0 Å². The van der Waals surface area contributed by atoms with Crippen molar-refractivity contribution in [1.82, 2.24) is 14.8 Å². The van der Waals surface area contributed by atoms with Crippen LogP contribution < -0.4 is 0 Å². The van der Waals surface area contributed by atoms with Gasteiger partial charge < -0.3 is 5.11 Å². The van der Waals surface area contributed by atoms with Crippen LogP contribution in [-0.4, -0.2) is 52.2 Å². The summed E-state index contributed by atoms with van der Waals surface area (Å²) in [5.41, 5.74) is 3.73. The highest BCUT2D eigenvalue weighted by Crippen LogP contribution is 2.22. The van der Waals surface area contributed by atoms with Crippen molar-refractivity contribution in [3.8, 4) is 0 Å². The third-order valence-corrected chi connectivity index (χ3v) is 5.51. The Morgan fingerprint density at radius 1 is 0.926 bits per heavy atom. The molecule has 1 aliphatic rings. The van der Waals surface area contributed by atoms with Crippen LogP contribution in [0.15, 0.2) is 66.9 Å². The van der Waals surface area contributed by atoms with E-state index in [9.17, 15) is 5.11 Å². The molecule has 0 saturated carbocycles. The van der Waals surface area contributed by atoms with Crippen LogP contribution in [0.2, 0.25) is 0 Å². The predicted molar refractivity (Wildman–Crippen MR) is 109 cm³/mol. The molecule has 1 aromatic heterocycles. The van der Waals surface area contributed by atoms with E-state index < -0.39 is 0 Å². The van der Waals surface area contributed by atoms with Crippen LogP contribution in [0.5, 0.6) is 0 Å². The zero-order chi connectivity index (χ0) is 18.5. The lowest BCUT2D eigenvalue weighted by atomic mass is 10.0. The van der Waals surface area contributed by atoms with Crippen molar-refractivity contribution >= 4 is 10.9 Å². The average molecular weight is 361 g/mol. The summed E-state index contributed by atoms with van der Waals surface area (Å²) in [7, 11) is 0. The molecule has 0 spiro atoms. The number of aliphatic hydroxyl groups is 1. The third-order valence-electron chi connectivity index (χ3n) is 5.51. The molecule has 4 rings (SSSR count). The molecular weight excluding hydrogens is 334 g/mol. The van der Waals surface area contributed by atoms with Crippen LogP contribution in [0.25, 0.3) is 10.9 Å². The van der Waals surface area contributed by atoms with E-state index in [1.807, 2.05) is 12.3 Å². The van der Waals surface area contributed by atoms with Crippen LogP contribution in [0.1, 0.15) is 17.5 Å². The third kappa shape index (κ3) is 4.35. The van der Waals surface area contributed by atoms with Gasteiger partial charge in [-0.25, -0.2) is 0 Å². The standard InChI is InChI=1S/C23H27N3O/c27-15-11-21-18-25(13-14-26(21)16-19-6-2-1-3-7-19)17-20-8-4-10-23-22(20)9-5-12-24-23/h1-10,12,21,27H,11,13-18H2/t21-/m0/s1. The number of hydrogen-bond donors (Lipinski definition) is 1. The van der Waals surface area contributed by atoms with Crippen LogP contribution in [-0.2, 0) is 13.1 Å². The molecule has 0 bridgehead atoms. The van der Waals surface area contributed by atoms with Gasteiger partial charge in [-0.05, 0) is 29.7 Å². The number of piperazine rings is 1. The first-order chi connectivity index (χ1) is 13.3. The fourth-order valence-electron chi connectivity index (χ4n) is 4.10. The summed E-state index contributed by atoms with van der Waals surface area (Å²) < 4.78 is 0. The van der Waals surface area contributed by atoms with Crippen LogP contribution >= 0.6 is 0 Å². The molecule has 1 atom stereocenters. The zero-order valence-corrected chi connectivity index (χ0v) is 15.7. The van der Waals surface area contributed by atoms with Crippen molar-refractivity contribution in [3.05, 3.63) is 78.0 Å². The summed E-state index contributed by atoms with van der Waals surface area (Å²) in [4.78, 5) is 9.52. The Morgan fingerprint density at radius 2 is 1.81 bits per heavy atom. The summed E-state index contributed by atoms with van der Waals surface area (Å²) in [5, 5.41) is 10.8. The second-order valence-electron chi connectivity index (χ2n) is 7.34. The highest BCUT2D eigenvalue weighted by Gasteiger charge is 2.26. The first-order valence-corrected chi connectivity index (χ1v) is 9.77. The van der Waals surface area contributed by atoms with Gasteiger partial charge in [-0.3, -0.25) is 14.8 Å². The quantitative estimate of drug-likeness (QED) is 0.731. The number of nitrogens with zero attached hydrogens (tertiary/aromatic N) is 3. The van der Waals surface area contributed by atoms with Gasteiger partial charge in [0, 0.05) is 57.0 Å². The summed E-state index contributed by atoms with van der Waals surface area (Å²) in [6, 6.07) is 21.6.